The number of rotatable bonds is 9. The molecule has 0 aliphatic carbocycles. The highest BCUT2D eigenvalue weighted by atomic mass is 19.1. The predicted octanol–water partition coefficient (Wildman–Crippen LogP) is 3.69. The molecule has 3 aromatic rings. The van der Waals surface area contributed by atoms with Crippen LogP contribution in [0, 0.1) is 5.82 Å². The van der Waals surface area contributed by atoms with Crippen molar-refractivity contribution in [3.63, 3.8) is 0 Å². The molecule has 3 rings (SSSR count). The topological polar surface area (TPSA) is 92.9 Å². The maximum Gasteiger partial charge on any atom is 0.255 e. The summed E-state index contributed by atoms with van der Waals surface area (Å²) in [5.41, 5.74) is 9.39. The molecule has 0 bridgehead atoms. The summed E-state index contributed by atoms with van der Waals surface area (Å²) in [6, 6.07) is 13.7. The van der Waals surface area contributed by atoms with E-state index in [2.05, 4.69) is 20.6 Å². The summed E-state index contributed by atoms with van der Waals surface area (Å²) >= 11 is 0. The van der Waals surface area contributed by atoms with Crippen LogP contribution >= 0.6 is 0 Å². The Kier molecular flexibility index (Phi) is 7.84. The van der Waals surface area contributed by atoms with Crippen LogP contribution in [0.25, 0.3) is 6.08 Å². The summed E-state index contributed by atoms with van der Waals surface area (Å²) in [6.07, 6.45) is 6.03. The molecule has 6 nitrogen and oxygen atoms in total. The van der Waals surface area contributed by atoms with Gasteiger partial charge in [-0.3, -0.25) is 9.78 Å². The van der Waals surface area contributed by atoms with Gasteiger partial charge in [0.15, 0.2) is 0 Å². The van der Waals surface area contributed by atoms with E-state index in [1.165, 1.54) is 12.1 Å². The molecule has 1 aromatic carbocycles. The van der Waals surface area contributed by atoms with Crippen LogP contribution in [-0.2, 0) is 19.5 Å². The summed E-state index contributed by atoms with van der Waals surface area (Å²) < 4.78 is 13.4. The van der Waals surface area contributed by atoms with Gasteiger partial charge in [-0.25, -0.2) is 9.37 Å². The van der Waals surface area contributed by atoms with Gasteiger partial charge in [-0.1, -0.05) is 24.3 Å². The number of carbonyl (C=O) groups is 1. The molecule has 2 aromatic heterocycles. The first-order chi connectivity index (χ1) is 15.1. The maximum absolute atomic E-state index is 13.4. The van der Waals surface area contributed by atoms with Gasteiger partial charge in [0, 0.05) is 25.8 Å². The van der Waals surface area contributed by atoms with E-state index in [4.69, 9.17) is 5.73 Å². The smallest absolute Gasteiger partial charge is 0.255 e. The second kappa shape index (κ2) is 11.0. The number of benzene rings is 1. The number of amides is 1. The first kappa shape index (κ1) is 22.1. The van der Waals surface area contributed by atoms with Crippen LogP contribution in [0.2, 0.25) is 0 Å². The van der Waals surface area contributed by atoms with Crippen LogP contribution in [0.1, 0.15) is 39.8 Å². The molecule has 0 saturated carbocycles. The number of anilines is 1. The van der Waals surface area contributed by atoms with E-state index < -0.39 is 0 Å². The summed E-state index contributed by atoms with van der Waals surface area (Å²) in [5.74, 6) is -0.0348. The molecule has 0 aliphatic rings. The Bertz CT molecular complexity index is 1070. The lowest BCUT2D eigenvalue weighted by molar-refractivity contribution is 0.0951. The Morgan fingerprint density at radius 1 is 1.19 bits per heavy atom. The Labute approximate surface area is 181 Å². The van der Waals surface area contributed by atoms with Crippen LogP contribution in [-0.4, -0.2) is 22.4 Å². The quantitative estimate of drug-likeness (QED) is 0.492. The minimum atomic E-state index is -0.266. The predicted molar refractivity (Wildman–Crippen MR) is 121 cm³/mol. The number of aromatic nitrogens is 2. The van der Waals surface area contributed by atoms with Gasteiger partial charge in [-0.15, -0.1) is 0 Å². The minimum absolute atomic E-state index is 0.250. The largest absolute Gasteiger partial charge is 0.369 e. The van der Waals surface area contributed by atoms with Crippen molar-refractivity contribution in [3.8, 4) is 0 Å². The lowest BCUT2D eigenvalue weighted by Crippen LogP contribution is -2.25. The van der Waals surface area contributed by atoms with Crippen LogP contribution in [0.5, 0.6) is 0 Å². The van der Waals surface area contributed by atoms with Gasteiger partial charge < -0.3 is 16.4 Å². The van der Waals surface area contributed by atoms with E-state index in [9.17, 15) is 9.18 Å². The van der Waals surface area contributed by atoms with Crippen molar-refractivity contribution >= 4 is 17.8 Å². The average Bonchev–Trinajstić information content (AvgIpc) is 2.78. The number of hydrogen-bond acceptors (Lipinski definition) is 5. The molecule has 0 fully saturated rings. The molecule has 31 heavy (non-hydrogen) atoms. The zero-order chi connectivity index (χ0) is 22.1. The molecule has 0 aliphatic heterocycles. The first-order valence-electron chi connectivity index (χ1n) is 10.1. The number of allylic oxidation sites excluding steroid dienone is 1. The molecular formula is C24H26FN5O. The molecule has 2 heterocycles. The molecule has 0 atom stereocenters. The first-order valence-corrected chi connectivity index (χ1v) is 10.1. The standard InChI is InChI=1S/C24H26FN5O/c1-2-5-20-9-10-21(24(31)29-16-18-7-4-12-27-22(18)15-26)23(30-20)28-13-11-17-6-3-8-19(25)14-17/h2-10,12,14H,11,13,15-16,26H2,1H3,(H,28,30)(H,29,31). The van der Waals surface area contributed by atoms with E-state index in [0.29, 0.717) is 37.4 Å². The highest BCUT2D eigenvalue weighted by Gasteiger charge is 2.14. The van der Waals surface area contributed by atoms with Crippen molar-refractivity contribution in [3.05, 3.63) is 94.7 Å². The van der Waals surface area contributed by atoms with Gasteiger partial charge in [0.1, 0.15) is 11.6 Å². The molecular weight excluding hydrogens is 393 g/mol. The van der Waals surface area contributed by atoms with Crippen molar-refractivity contribution in [1.29, 1.82) is 0 Å². The second-order valence-corrected chi connectivity index (χ2v) is 6.94. The molecule has 0 spiro atoms. The van der Waals surface area contributed by atoms with Crippen LogP contribution in [0.15, 0.2) is 60.8 Å². The fraction of sp³-hybridized carbons (Fsp3) is 0.208. The normalized spacial score (nSPS) is 10.9. The van der Waals surface area contributed by atoms with Gasteiger partial charge in [0.05, 0.1) is 17.0 Å². The van der Waals surface area contributed by atoms with E-state index in [1.54, 1.807) is 24.4 Å². The number of nitrogens with zero attached hydrogens (tertiary/aromatic N) is 2. The van der Waals surface area contributed by atoms with Crippen molar-refractivity contribution in [2.45, 2.75) is 26.4 Å². The zero-order valence-corrected chi connectivity index (χ0v) is 17.4. The monoisotopic (exact) mass is 419 g/mol. The minimum Gasteiger partial charge on any atom is -0.369 e. The summed E-state index contributed by atoms with van der Waals surface area (Å²) in [5, 5.41) is 6.14. The third kappa shape index (κ3) is 6.20. The third-order valence-corrected chi connectivity index (χ3v) is 4.71. The zero-order valence-electron chi connectivity index (χ0n) is 17.4. The average molecular weight is 420 g/mol. The second-order valence-electron chi connectivity index (χ2n) is 6.94. The van der Waals surface area contributed by atoms with Crippen molar-refractivity contribution in [2.75, 3.05) is 11.9 Å². The Balaban J connectivity index is 1.72. The highest BCUT2D eigenvalue weighted by molar-refractivity contribution is 5.98. The molecule has 0 unspecified atom stereocenters. The van der Waals surface area contributed by atoms with Gasteiger partial charge in [-0.05, 0) is 60.9 Å². The van der Waals surface area contributed by atoms with Gasteiger partial charge >= 0.3 is 0 Å². The lowest BCUT2D eigenvalue weighted by atomic mass is 10.1. The molecule has 1 amide bonds. The van der Waals surface area contributed by atoms with E-state index in [0.717, 1.165) is 22.5 Å². The molecule has 4 N–H and O–H groups in total. The summed E-state index contributed by atoms with van der Waals surface area (Å²) in [7, 11) is 0. The van der Waals surface area contributed by atoms with Crippen LogP contribution in [0.3, 0.4) is 0 Å². The van der Waals surface area contributed by atoms with Gasteiger partial charge in [0.25, 0.3) is 5.91 Å². The number of halogens is 1. The SMILES string of the molecule is CC=Cc1ccc(C(=O)NCc2cccnc2CN)c(NCCc2cccc(F)c2)n1. The van der Waals surface area contributed by atoms with Crippen molar-refractivity contribution < 1.29 is 9.18 Å². The van der Waals surface area contributed by atoms with E-state index in [-0.39, 0.29) is 11.7 Å². The van der Waals surface area contributed by atoms with E-state index in [1.807, 2.05) is 37.3 Å². The van der Waals surface area contributed by atoms with E-state index >= 15 is 0 Å². The van der Waals surface area contributed by atoms with Gasteiger partial charge in [-0.2, -0.15) is 0 Å². The molecule has 160 valence electrons. The number of nitrogens with two attached hydrogens (primary N) is 1. The number of nitrogens with one attached hydrogen (secondary N) is 2. The summed E-state index contributed by atoms with van der Waals surface area (Å²) in [4.78, 5) is 21.7. The number of carbonyl (C=O) groups excluding carboxylic acids is 1. The highest BCUT2D eigenvalue weighted by Crippen LogP contribution is 2.16. The number of pyridine rings is 2. The summed E-state index contributed by atoms with van der Waals surface area (Å²) in [6.45, 7) is 3.04. The Morgan fingerprint density at radius 2 is 2.06 bits per heavy atom. The van der Waals surface area contributed by atoms with Crippen molar-refractivity contribution in [2.24, 2.45) is 5.73 Å². The molecule has 7 heteroatoms. The maximum atomic E-state index is 13.4. The molecule has 0 saturated heterocycles. The Hall–Kier alpha value is -3.58. The van der Waals surface area contributed by atoms with Crippen molar-refractivity contribution in [1.82, 2.24) is 15.3 Å². The lowest BCUT2D eigenvalue weighted by Gasteiger charge is -2.13. The fourth-order valence-corrected chi connectivity index (χ4v) is 3.16. The molecule has 0 radical (unpaired) electrons. The fourth-order valence-electron chi connectivity index (χ4n) is 3.16. The third-order valence-electron chi connectivity index (χ3n) is 4.71. The number of hydrogen-bond donors (Lipinski definition) is 3. The van der Waals surface area contributed by atoms with Crippen LogP contribution in [0.4, 0.5) is 10.2 Å². The van der Waals surface area contributed by atoms with Gasteiger partial charge in [0.2, 0.25) is 0 Å². The van der Waals surface area contributed by atoms with Crippen LogP contribution < -0.4 is 16.4 Å². The Morgan fingerprint density at radius 3 is 2.84 bits per heavy atom.